The molecule has 0 aliphatic carbocycles. The van der Waals surface area contributed by atoms with Crippen LogP contribution in [0.5, 0.6) is 0 Å². The van der Waals surface area contributed by atoms with Crippen LogP contribution in [0.1, 0.15) is 0 Å². The minimum Gasteiger partial charge on any atom is -0.193 e. The lowest BCUT2D eigenvalue weighted by Crippen LogP contribution is -1.78. The molecule has 0 rings (SSSR count). The highest BCUT2D eigenvalue weighted by Gasteiger charge is 2.70. The van der Waals surface area contributed by atoms with Crippen LogP contribution in [-0.2, 0) is 0 Å². The molecule has 128 heteroatoms. The van der Waals surface area contributed by atoms with Crippen molar-refractivity contribution < 1.29 is 0 Å². The van der Waals surface area contributed by atoms with Gasteiger partial charge in [0.05, 0.1) is 13.1 Å². The van der Waals surface area contributed by atoms with Crippen molar-refractivity contribution in [3.63, 3.8) is 0 Å². The highest BCUT2D eigenvalue weighted by molar-refractivity contribution is 9.61. The molecule has 129 heavy (non-hydrogen) atoms. The van der Waals surface area contributed by atoms with Gasteiger partial charge in [-0.05, 0) is 391 Å². The predicted molar refractivity (Wildman–Crippen MR) is 1060 cm³/mol. The molecule has 1 nitrogen and oxygen atoms in total. The lowest BCUT2D eigenvalue weighted by Gasteiger charge is -2.63. The summed E-state index contributed by atoms with van der Waals surface area (Å²) in [5, 5.41) is 16.9. The SMILES string of the molecule is N#CP(P(P(P(P(P(P)P)P(P)P)P(P(P)P)P(P)P)P(P(P(P)P)P(P)P)P(P(P)P)P(P)P)P(P(P(P(P)P)P(P)P)P(P(P)P)P(P)P)P(P(P(P)P)P(P)P)P(P(P)P)P(P)P)P(P(P(P(P(P)P)P(P)P)P(P(P)P)P(P)P)P(P(P(P)P)P(P)P)P(P(P)P)P(P)P)P(P(P(P(P)P)P(P)P)P(P(P)P)P(P)P)P(P(P(P)P)P(P)P)P(P(P)P)P(P)P. The van der Waals surface area contributed by atoms with Crippen molar-refractivity contribution in [1.29, 1.82) is 5.26 Å². The molecule has 0 aromatic carbocycles. The topological polar surface area (TPSA) is 23.8 Å². The summed E-state index contributed by atoms with van der Waals surface area (Å²) in [6.07, 6.45) is 0. The van der Waals surface area contributed by atoms with Gasteiger partial charge in [0.2, 0.25) is 0 Å². The van der Waals surface area contributed by atoms with Gasteiger partial charge in [0.1, 0.15) is 0 Å². The first-order chi connectivity index (χ1) is 58.7. The maximum Gasteiger partial charge on any atom is 0.0981 e. The Morgan fingerprint density at radius 2 is 0.124 bits per heavy atom. The average Bonchev–Trinajstić information content (AvgIpc) is 0.705. The lowest BCUT2D eigenvalue weighted by atomic mass is 11.8. The fourth-order valence-corrected chi connectivity index (χ4v) is 1910. The van der Waals surface area contributed by atoms with E-state index in [1.807, 2.05) is 0 Å². The van der Waals surface area contributed by atoms with Gasteiger partial charge in [-0.25, -0.2) is 0 Å². The highest BCUT2D eigenvalue weighted by Crippen LogP contribution is 3.56. The molecule has 0 heterocycles. The molecule has 0 saturated carbocycles. The molecule has 0 aromatic rings. The van der Waals surface area contributed by atoms with E-state index in [4.69, 9.17) is 5.81 Å². The van der Waals surface area contributed by atoms with E-state index in [2.05, 4.69) is 571 Å². The van der Waals surface area contributed by atoms with E-state index in [1.54, 1.807) is 0 Å². The van der Waals surface area contributed by atoms with Gasteiger partial charge in [-0.3, -0.25) is 0 Å². The average molecular weight is 4090 g/mol. The number of nitrogens with zero attached hydrogens (tertiary/aromatic N) is 1. The van der Waals surface area contributed by atoms with Crippen LogP contribution in [0.25, 0.3) is 0 Å². The fourth-order valence-electron chi connectivity index (χ4n) is 8.04. The van der Waals surface area contributed by atoms with Gasteiger partial charge in [0.25, 0.3) is 0 Å². The maximum absolute atomic E-state index is 16.9. The second-order valence-corrected chi connectivity index (χ2v) is 550. The molecule has 64 unspecified atom stereocenters. The Hall–Kier alpha value is 54.1. The summed E-state index contributed by atoms with van der Waals surface area (Å²) >= 11 is 0. The van der Waals surface area contributed by atoms with Crippen LogP contribution in [0.3, 0.4) is 0 Å². The molecule has 0 saturated heterocycles. The number of hydrogen-bond donors (Lipinski definition) is 0. The Kier molecular flexibility index (Phi) is 142. The molecule has 0 aliphatic heterocycles. The fraction of sp³-hybridized carbons (Fsp3) is 0. The van der Waals surface area contributed by atoms with Crippen molar-refractivity contribution in [2.75, 3.05) is 0 Å². The van der Waals surface area contributed by atoms with Crippen molar-refractivity contribution >= 4 is 1010 Å². The first kappa shape index (κ1) is 183. The van der Waals surface area contributed by atoms with Crippen LogP contribution in [0, 0.1) is 11.1 Å². The van der Waals surface area contributed by atoms with E-state index in [-0.39, 0.29) is 0 Å². The first-order valence-corrected chi connectivity index (χ1v) is 261. The van der Waals surface area contributed by atoms with E-state index in [0.29, 0.717) is 0 Å². The van der Waals surface area contributed by atoms with Gasteiger partial charge in [-0.15, -0.1) is 571 Å². The molecule has 0 spiro atoms. The molecule has 0 aromatic heterocycles. The van der Waals surface area contributed by atoms with Crippen LogP contribution in [-0.4, -0.2) is 0 Å². The molecule has 0 radical (unpaired) electrons. The first-order valence-electron chi connectivity index (χ1n) is 29.4. The van der Waals surface area contributed by atoms with Crippen LogP contribution < -0.4 is 0 Å². The van der Waals surface area contributed by atoms with E-state index < -0.39 is 441 Å². The summed E-state index contributed by atoms with van der Waals surface area (Å²) in [6, 6.07) is 0. The summed E-state index contributed by atoms with van der Waals surface area (Å²) in [6.45, 7) is -40.9. The minimum absolute atomic E-state index is 0.598. The maximum atomic E-state index is 16.9. The van der Waals surface area contributed by atoms with Crippen molar-refractivity contribution in [2.45, 2.75) is 0 Å². The molecule has 0 bridgehead atoms. The number of hydrogen-bond acceptors (Lipinski definition) is 1. The van der Waals surface area contributed by atoms with Gasteiger partial charge in [0, 0.05) is 41.9 Å². The van der Waals surface area contributed by atoms with Gasteiger partial charge >= 0.3 is 0 Å². The third-order valence-corrected chi connectivity index (χ3v) is 917. The second kappa shape index (κ2) is 100. The third-order valence-electron chi connectivity index (χ3n) is 11.5. The van der Waals surface area contributed by atoms with Crippen LogP contribution >= 0.6 is 1010 Å². The molecule has 0 fully saturated rings. The molecule has 0 aliphatic rings. The van der Waals surface area contributed by atoms with Crippen LogP contribution in [0.4, 0.5) is 0 Å². The van der Waals surface area contributed by atoms with Gasteiger partial charge in [-0.1, -0.05) is 0 Å². The van der Waals surface area contributed by atoms with E-state index in [1.165, 1.54) is 0 Å². The van der Waals surface area contributed by atoms with E-state index in [9.17, 15) is 0 Å². The Labute approximate surface area is 1010 Å². The largest absolute Gasteiger partial charge is 0.193 e. The van der Waals surface area contributed by atoms with E-state index >= 15 is 5.26 Å². The summed E-state index contributed by atoms with van der Waals surface area (Å²) in [5.74, 6) is 4.84. The monoisotopic (exact) mass is 4090 g/mol. The molecule has 64 atom stereocenters. The van der Waals surface area contributed by atoms with Crippen molar-refractivity contribution in [3.05, 3.63) is 0 Å². The normalized spacial score (nSPS) is 14.7. The molecule has 772 valence electrons. The van der Waals surface area contributed by atoms with Crippen LogP contribution in [0.2, 0.25) is 0 Å². The predicted octanol–water partition coefficient (Wildman–Crippen LogP) is 75.1. The molecular weight excluding hydrogens is 3960 g/mol. The lowest BCUT2D eigenvalue weighted by molar-refractivity contribution is 1.57. The summed E-state index contributed by atoms with van der Waals surface area (Å²) < 4.78 is 0. The Morgan fingerprint density at radius 3 is 0.163 bits per heavy atom. The Morgan fingerprint density at radius 1 is 0.0775 bits per heavy atom. The van der Waals surface area contributed by atoms with Gasteiger partial charge < -0.3 is 0 Å². The zero-order valence-electron chi connectivity index (χ0n) is 66.1. The number of nitriles is 1. The van der Waals surface area contributed by atoms with Gasteiger partial charge in [-0.2, -0.15) is 5.26 Å². The van der Waals surface area contributed by atoms with E-state index in [0.717, 1.165) is 0 Å². The highest BCUT2D eigenvalue weighted by atomic mass is 33.7. The van der Waals surface area contributed by atoms with Crippen LogP contribution in [0.15, 0.2) is 0 Å². The van der Waals surface area contributed by atoms with Crippen molar-refractivity contribution in [3.8, 4) is 5.81 Å². The molecule has 0 amide bonds. The zero-order chi connectivity index (χ0) is 102. The third kappa shape index (κ3) is 63.9. The molecule has 0 N–H and O–H groups in total. The Balaban J connectivity index is 16.7. The van der Waals surface area contributed by atoms with Crippen molar-refractivity contribution in [1.82, 2.24) is 0 Å². The second-order valence-electron chi connectivity index (χ2n) is 20.6. The summed E-state index contributed by atoms with van der Waals surface area (Å²) in [5.41, 5.74) is 0. The zero-order valence-corrected chi connectivity index (χ0v) is 196. The standard InChI is InChI=1S/CH128NP127/c2-1-67(100(118(122(102(68(3)4)69(5)6)103(70(7)8)71(9)10)123(104(72(11)12)73(13)14)105(74(15)16)75(17)18)119(124(106(76(19)20)77(21)22)107(78(23)24)79(25)26)125(108(80(27)28)81(29)30)109(82(31)32)83(33)34)101(120(126(110(84(35)36)85(37)38)111(86(39)40)87(41)42)127(112(88(43)44)89(45)46)113(90(47)48)91(49)50)121(128(114(92(51)52)93(53)54)115(94(55)56)95(57)58)129(116(96(59)60)97(61)62)117(98(63)64)99(65)66/h3-66H2. The number of rotatable bonds is 62. The smallest absolute Gasteiger partial charge is 0.0981 e. The van der Waals surface area contributed by atoms with Gasteiger partial charge in [0.15, 0.2) is 0 Å². The molecular formula is CH128NP127. The Bertz CT molecular complexity index is 2070. The minimum atomic E-state index is -1.47. The van der Waals surface area contributed by atoms with Crippen molar-refractivity contribution in [2.24, 2.45) is 0 Å². The summed E-state index contributed by atoms with van der Waals surface area (Å²) in [4.78, 5) is 0. The quantitative estimate of drug-likeness (QED) is 0.0557. The summed E-state index contributed by atoms with van der Waals surface area (Å²) in [7, 11) is 245.